The Morgan fingerprint density at radius 3 is 2.85 bits per heavy atom. The van der Waals surface area contributed by atoms with Crippen LogP contribution in [0.5, 0.6) is 0 Å². The van der Waals surface area contributed by atoms with Crippen molar-refractivity contribution in [1.82, 2.24) is 5.32 Å². The standard InChI is InChI=1S/C10H17NO2/c12-6-10(13)9-5-7-3-1-2-4-8(7)11-9/h7-9,11-12H,1-6H2. The van der Waals surface area contributed by atoms with Crippen molar-refractivity contribution in [2.75, 3.05) is 6.61 Å². The van der Waals surface area contributed by atoms with Gasteiger partial charge in [-0.05, 0) is 25.2 Å². The van der Waals surface area contributed by atoms with Crippen LogP contribution in [-0.4, -0.2) is 29.6 Å². The normalized spacial score (nSPS) is 38.7. The maximum absolute atomic E-state index is 11.2. The molecule has 3 nitrogen and oxygen atoms in total. The van der Waals surface area contributed by atoms with Crippen LogP contribution < -0.4 is 5.32 Å². The zero-order valence-corrected chi connectivity index (χ0v) is 7.83. The molecule has 3 unspecified atom stereocenters. The van der Waals surface area contributed by atoms with Crippen molar-refractivity contribution in [3.8, 4) is 0 Å². The van der Waals surface area contributed by atoms with Crippen molar-refractivity contribution in [2.45, 2.75) is 44.2 Å². The van der Waals surface area contributed by atoms with Crippen LogP contribution in [-0.2, 0) is 4.79 Å². The van der Waals surface area contributed by atoms with Crippen LogP contribution in [0.25, 0.3) is 0 Å². The highest BCUT2D eigenvalue weighted by Gasteiger charge is 2.37. The highest BCUT2D eigenvalue weighted by molar-refractivity contribution is 5.85. The van der Waals surface area contributed by atoms with Crippen molar-refractivity contribution in [1.29, 1.82) is 0 Å². The molecule has 2 fully saturated rings. The van der Waals surface area contributed by atoms with Gasteiger partial charge in [-0.2, -0.15) is 0 Å². The first-order valence-electron chi connectivity index (χ1n) is 5.21. The van der Waals surface area contributed by atoms with Gasteiger partial charge in [-0.15, -0.1) is 0 Å². The summed E-state index contributed by atoms with van der Waals surface area (Å²) in [5, 5.41) is 12.1. The van der Waals surface area contributed by atoms with Gasteiger partial charge in [0, 0.05) is 6.04 Å². The van der Waals surface area contributed by atoms with Crippen molar-refractivity contribution in [3.05, 3.63) is 0 Å². The molecule has 0 bridgehead atoms. The van der Waals surface area contributed by atoms with E-state index in [0.717, 1.165) is 6.42 Å². The average molecular weight is 183 g/mol. The van der Waals surface area contributed by atoms with E-state index in [1.54, 1.807) is 0 Å². The Balaban J connectivity index is 1.94. The Bertz CT molecular complexity index is 191. The third-order valence-corrected chi connectivity index (χ3v) is 3.41. The molecule has 1 saturated carbocycles. The molecule has 3 heteroatoms. The minimum absolute atomic E-state index is 0.0330. The first-order valence-corrected chi connectivity index (χ1v) is 5.21. The van der Waals surface area contributed by atoms with E-state index in [1.165, 1.54) is 25.7 Å². The Morgan fingerprint density at radius 1 is 1.38 bits per heavy atom. The molecule has 0 amide bonds. The molecule has 13 heavy (non-hydrogen) atoms. The Labute approximate surface area is 78.5 Å². The number of hydrogen-bond donors (Lipinski definition) is 2. The number of ketones is 1. The summed E-state index contributed by atoms with van der Waals surface area (Å²) in [6, 6.07) is 0.493. The number of aliphatic hydroxyl groups excluding tert-OH is 1. The van der Waals surface area contributed by atoms with E-state index in [9.17, 15) is 4.79 Å². The lowest BCUT2D eigenvalue weighted by molar-refractivity contribution is -0.123. The van der Waals surface area contributed by atoms with Crippen molar-refractivity contribution in [2.24, 2.45) is 5.92 Å². The van der Waals surface area contributed by atoms with Gasteiger partial charge in [0.05, 0.1) is 6.04 Å². The maximum atomic E-state index is 11.2. The fourth-order valence-electron chi connectivity index (χ4n) is 2.67. The molecule has 1 aliphatic carbocycles. The topological polar surface area (TPSA) is 49.3 Å². The molecular formula is C10H17NO2. The lowest BCUT2D eigenvalue weighted by Crippen LogP contribution is -2.38. The Kier molecular flexibility index (Phi) is 2.65. The van der Waals surface area contributed by atoms with E-state index in [4.69, 9.17) is 5.11 Å². The lowest BCUT2D eigenvalue weighted by atomic mass is 9.85. The van der Waals surface area contributed by atoms with Crippen LogP contribution >= 0.6 is 0 Å². The zero-order valence-electron chi connectivity index (χ0n) is 7.83. The molecule has 1 saturated heterocycles. The Hall–Kier alpha value is -0.410. The fourth-order valence-corrected chi connectivity index (χ4v) is 2.67. The number of rotatable bonds is 2. The zero-order chi connectivity index (χ0) is 9.26. The number of nitrogens with one attached hydrogen (secondary N) is 1. The predicted octanol–water partition coefficient (Wildman–Crippen LogP) is 0.468. The summed E-state index contributed by atoms with van der Waals surface area (Å²) in [6.45, 7) is -0.308. The highest BCUT2D eigenvalue weighted by atomic mass is 16.3. The molecule has 1 aliphatic heterocycles. The van der Waals surface area contributed by atoms with Gasteiger partial charge in [0.2, 0.25) is 0 Å². The third kappa shape index (κ3) is 1.76. The maximum Gasteiger partial charge on any atom is 0.175 e. The first kappa shape index (κ1) is 9.16. The van der Waals surface area contributed by atoms with Crippen LogP contribution in [0.1, 0.15) is 32.1 Å². The van der Waals surface area contributed by atoms with Gasteiger partial charge in [0.1, 0.15) is 6.61 Å². The van der Waals surface area contributed by atoms with Gasteiger partial charge in [-0.25, -0.2) is 0 Å². The number of fused-ring (bicyclic) bond motifs is 1. The van der Waals surface area contributed by atoms with Crippen LogP contribution in [0.4, 0.5) is 0 Å². The summed E-state index contributed by atoms with van der Waals surface area (Å²) in [5.41, 5.74) is 0. The molecule has 2 aliphatic rings. The van der Waals surface area contributed by atoms with E-state index in [1.807, 2.05) is 0 Å². The van der Waals surface area contributed by atoms with Crippen molar-refractivity contribution < 1.29 is 9.90 Å². The van der Waals surface area contributed by atoms with Gasteiger partial charge in [-0.3, -0.25) is 4.79 Å². The summed E-state index contributed by atoms with van der Waals surface area (Å²) in [5.74, 6) is 0.656. The van der Waals surface area contributed by atoms with Crippen LogP contribution in [0.3, 0.4) is 0 Å². The summed E-state index contributed by atoms with van der Waals surface area (Å²) in [4.78, 5) is 11.2. The molecule has 2 rings (SSSR count). The molecule has 0 radical (unpaired) electrons. The second kappa shape index (κ2) is 3.76. The minimum Gasteiger partial charge on any atom is -0.389 e. The van der Waals surface area contributed by atoms with E-state index < -0.39 is 0 Å². The summed E-state index contributed by atoms with van der Waals surface area (Å²) >= 11 is 0. The van der Waals surface area contributed by atoms with E-state index >= 15 is 0 Å². The molecule has 0 aromatic heterocycles. The summed E-state index contributed by atoms with van der Waals surface area (Å²) < 4.78 is 0. The first-order chi connectivity index (χ1) is 6.31. The summed E-state index contributed by atoms with van der Waals surface area (Å²) in [6.07, 6.45) is 6.01. The van der Waals surface area contributed by atoms with Gasteiger partial charge < -0.3 is 10.4 Å². The van der Waals surface area contributed by atoms with E-state index in [0.29, 0.717) is 12.0 Å². The molecule has 2 N–H and O–H groups in total. The monoisotopic (exact) mass is 183 g/mol. The van der Waals surface area contributed by atoms with Gasteiger partial charge >= 0.3 is 0 Å². The van der Waals surface area contributed by atoms with Crippen LogP contribution in [0.2, 0.25) is 0 Å². The SMILES string of the molecule is O=C(CO)C1CC2CCCCC2N1. The van der Waals surface area contributed by atoms with Crippen LogP contribution in [0.15, 0.2) is 0 Å². The molecule has 0 spiro atoms. The number of hydrogen-bond acceptors (Lipinski definition) is 3. The third-order valence-electron chi connectivity index (χ3n) is 3.41. The largest absolute Gasteiger partial charge is 0.389 e. The van der Waals surface area contributed by atoms with Gasteiger partial charge in [-0.1, -0.05) is 12.8 Å². The van der Waals surface area contributed by atoms with Gasteiger partial charge in [0.15, 0.2) is 5.78 Å². The van der Waals surface area contributed by atoms with Gasteiger partial charge in [0.25, 0.3) is 0 Å². The highest BCUT2D eigenvalue weighted by Crippen LogP contribution is 2.33. The van der Waals surface area contributed by atoms with Crippen LogP contribution in [0, 0.1) is 5.92 Å². The molecule has 1 heterocycles. The summed E-state index contributed by atoms with van der Waals surface area (Å²) in [7, 11) is 0. The Morgan fingerprint density at radius 2 is 2.15 bits per heavy atom. The smallest absolute Gasteiger partial charge is 0.175 e. The van der Waals surface area contributed by atoms with Crippen molar-refractivity contribution in [3.63, 3.8) is 0 Å². The van der Waals surface area contributed by atoms with E-state index in [2.05, 4.69) is 5.32 Å². The fraction of sp³-hybridized carbons (Fsp3) is 0.900. The lowest BCUT2D eigenvalue weighted by Gasteiger charge is -2.24. The number of aliphatic hydroxyl groups is 1. The number of carbonyl (C=O) groups is 1. The second-order valence-corrected chi connectivity index (χ2v) is 4.23. The van der Waals surface area contributed by atoms with Crippen molar-refractivity contribution >= 4 is 5.78 Å². The number of carbonyl (C=O) groups excluding carboxylic acids is 1. The quantitative estimate of drug-likeness (QED) is 0.654. The molecule has 74 valence electrons. The molecular weight excluding hydrogens is 166 g/mol. The predicted molar refractivity (Wildman–Crippen MR) is 49.4 cm³/mol. The molecule has 3 atom stereocenters. The van der Waals surface area contributed by atoms with E-state index in [-0.39, 0.29) is 18.4 Å². The second-order valence-electron chi connectivity index (χ2n) is 4.23. The molecule has 0 aromatic rings. The molecule has 0 aromatic carbocycles. The number of Topliss-reactive ketones (excluding diaryl/α,β-unsaturated/α-hetero) is 1. The average Bonchev–Trinajstić information content (AvgIpc) is 2.59. The minimum atomic E-state index is -0.308.